The minimum atomic E-state index is -1.35. The molecule has 0 saturated carbocycles. The van der Waals surface area contributed by atoms with Gasteiger partial charge < -0.3 is 14.6 Å². The molecule has 1 unspecified atom stereocenters. The smallest absolute Gasteiger partial charge is 0.329 e. The number of carboxylic acids is 1. The minimum Gasteiger partial charge on any atom is -0.486 e. The molecule has 1 aromatic carbocycles. The summed E-state index contributed by atoms with van der Waals surface area (Å²) in [5.41, 5.74) is 1.46. The van der Waals surface area contributed by atoms with Gasteiger partial charge in [0.05, 0.1) is 0 Å². The molecule has 6 nitrogen and oxygen atoms in total. The van der Waals surface area contributed by atoms with E-state index >= 15 is 0 Å². The van der Waals surface area contributed by atoms with E-state index in [0.29, 0.717) is 30.3 Å². The third-order valence-electron chi connectivity index (χ3n) is 2.84. The van der Waals surface area contributed by atoms with E-state index in [2.05, 4.69) is 5.43 Å². The maximum Gasteiger partial charge on any atom is 0.329 e. The highest BCUT2D eigenvalue weighted by molar-refractivity contribution is 5.80. The fourth-order valence-corrected chi connectivity index (χ4v) is 1.62. The van der Waals surface area contributed by atoms with Gasteiger partial charge in [-0.05, 0) is 24.6 Å². The third kappa shape index (κ3) is 1.92. The van der Waals surface area contributed by atoms with E-state index in [1.54, 1.807) is 18.2 Å². The molecule has 0 fully saturated rings. The molecule has 0 saturated heterocycles. The van der Waals surface area contributed by atoms with Crippen LogP contribution in [0.25, 0.3) is 0 Å². The molecule has 1 heterocycles. The van der Waals surface area contributed by atoms with Crippen LogP contribution >= 0.6 is 0 Å². The number of carboxylic acid groups (broad SMARTS) is 1. The molecular weight excluding hydrogens is 224 g/mol. The second-order valence-electron chi connectivity index (χ2n) is 3.93. The minimum absolute atomic E-state index is 0.455. The average molecular weight is 238 g/mol. The van der Waals surface area contributed by atoms with Gasteiger partial charge in [0, 0.05) is 0 Å². The summed E-state index contributed by atoms with van der Waals surface area (Å²) in [6.07, 6.45) is 0. The molecule has 6 heteroatoms. The van der Waals surface area contributed by atoms with Crippen molar-refractivity contribution in [3.8, 4) is 11.5 Å². The molecule has 0 spiro atoms. The monoisotopic (exact) mass is 238 g/mol. The van der Waals surface area contributed by atoms with Crippen molar-refractivity contribution in [1.29, 1.82) is 0 Å². The van der Waals surface area contributed by atoms with Crippen LogP contribution in [-0.4, -0.2) is 24.3 Å². The summed E-state index contributed by atoms with van der Waals surface area (Å²) in [5.74, 6) is 5.41. The molecule has 92 valence electrons. The molecule has 1 atom stereocenters. The van der Waals surface area contributed by atoms with Crippen LogP contribution < -0.4 is 20.7 Å². The fraction of sp³-hybridized carbons (Fsp3) is 0.364. The van der Waals surface area contributed by atoms with Crippen molar-refractivity contribution in [2.24, 2.45) is 5.84 Å². The molecule has 1 aromatic rings. The zero-order valence-electron chi connectivity index (χ0n) is 9.40. The zero-order valence-corrected chi connectivity index (χ0v) is 9.40. The van der Waals surface area contributed by atoms with Crippen molar-refractivity contribution in [2.75, 3.05) is 13.2 Å². The second-order valence-corrected chi connectivity index (χ2v) is 3.93. The molecule has 2 rings (SSSR count). The van der Waals surface area contributed by atoms with E-state index in [9.17, 15) is 9.90 Å². The molecule has 1 aliphatic rings. The van der Waals surface area contributed by atoms with Crippen molar-refractivity contribution in [1.82, 2.24) is 5.43 Å². The van der Waals surface area contributed by atoms with Gasteiger partial charge in [0.15, 0.2) is 17.0 Å². The number of fused-ring (bicyclic) bond motifs is 1. The molecule has 4 N–H and O–H groups in total. The third-order valence-corrected chi connectivity index (χ3v) is 2.84. The summed E-state index contributed by atoms with van der Waals surface area (Å²) in [6.45, 7) is 2.44. The van der Waals surface area contributed by atoms with Crippen molar-refractivity contribution in [3.63, 3.8) is 0 Å². The van der Waals surface area contributed by atoms with Gasteiger partial charge in [-0.25, -0.2) is 10.2 Å². The average Bonchev–Trinajstić information content (AvgIpc) is 2.37. The number of hydrazine groups is 1. The van der Waals surface area contributed by atoms with Crippen molar-refractivity contribution in [2.45, 2.75) is 12.5 Å². The first-order chi connectivity index (χ1) is 8.08. The Hall–Kier alpha value is -1.79. The molecule has 0 amide bonds. The van der Waals surface area contributed by atoms with Crippen LogP contribution in [-0.2, 0) is 10.3 Å². The Kier molecular flexibility index (Phi) is 2.91. The maximum atomic E-state index is 11.2. The van der Waals surface area contributed by atoms with Crippen molar-refractivity contribution < 1.29 is 19.4 Å². The molecule has 0 radical (unpaired) electrons. The predicted molar refractivity (Wildman–Crippen MR) is 59.7 cm³/mol. The lowest BCUT2D eigenvalue weighted by molar-refractivity contribution is -0.144. The van der Waals surface area contributed by atoms with Crippen LogP contribution in [0.2, 0.25) is 0 Å². The normalized spacial score (nSPS) is 17.3. The zero-order chi connectivity index (χ0) is 12.5. The van der Waals surface area contributed by atoms with Gasteiger partial charge in [0.25, 0.3) is 0 Å². The summed E-state index contributed by atoms with van der Waals surface area (Å²) in [6, 6.07) is 4.96. The Morgan fingerprint density at radius 3 is 2.65 bits per heavy atom. The first-order valence-electron chi connectivity index (χ1n) is 5.19. The van der Waals surface area contributed by atoms with Crippen LogP contribution in [0.5, 0.6) is 11.5 Å². The number of aliphatic carboxylic acids is 1. The molecule has 0 aliphatic carbocycles. The van der Waals surface area contributed by atoms with E-state index in [-0.39, 0.29) is 0 Å². The van der Waals surface area contributed by atoms with Crippen molar-refractivity contribution in [3.05, 3.63) is 23.8 Å². The summed E-state index contributed by atoms with van der Waals surface area (Å²) in [4.78, 5) is 11.2. The fourth-order valence-electron chi connectivity index (χ4n) is 1.62. The number of hydrogen-bond acceptors (Lipinski definition) is 5. The van der Waals surface area contributed by atoms with Crippen LogP contribution in [0.4, 0.5) is 0 Å². The van der Waals surface area contributed by atoms with Gasteiger partial charge in [-0.1, -0.05) is 6.07 Å². The Bertz CT molecular complexity index is 449. The molecule has 1 aliphatic heterocycles. The largest absolute Gasteiger partial charge is 0.486 e. The number of hydrogen-bond donors (Lipinski definition) is 3. The topological polar surface area (TPSA) is 93.8 Å². The van der Waals surface area contributed by atoms with Crippen molar-refractivity contribution >= 4 is 5.97 Å². The summed E-state index contributed by atoms with van der Waals surface area (Å²) < 4.78 is 10.8. The number of ether oxygens (including phenoxy) is 2. The lowest BCUT2D eigenvalue weighted by Crippen LogP contribution is -2.50. The Labute approximate surface area is 98.3 Å². The number of benzene rings is 1. The first-order valence-corrected chi connectivity index (χ1v) is 5.19. The van der Waals surface area contributed by atoms with E-state index < -0.39 is 11.5 Å². The highest BCUT2D eigenvalue weighted by Gasteiger charge is 2.35. The van der Waals surface area contributed by atoms with Gasteiger partial charge in [-0.2, -0.15) is 0 Å². The van der Waals surface area contributed by atoms with Crippen LogP contribution in [0, 0.1) is 0 Å². The van der Waals surface area contributed by atoms with Crippen LogP contribution in [0.3, 0.4) is 0 Å². The number of rotatable bonds is 3. The lowest BCUT2D eigenvalue weighted by atomic mass is 9.92. The summed E-state index contributed by atoms with van der Waals surface area (Å²) in [7, 11) is 0. The summed E-state index contributed by atoms with van der Waals surface area (Å²) >= 11 is 0. The van der Waals surface area contributed by atoms with E-state index in [0.717, 1.165) is 0 Å². The number of nitrogens with one attached hydrogen (secondary N) is 1. The Morgan fingerprint density at radius 1 is 1.41 bits per heavy atom. The highest BCUT2D eigenvalue weighted by Crippen LogP contribution is 2.34. The maximum absolute atomic E-state index is 11.2. The standard InChI is InChI=1S/C11H14N2O4/c1-11(13-12,10(14)15)7-2-3-8-9(6-7)17-5-4-16-8/h2-3,6,13H,4-5,12H2,1H3,(H,14,15). The first kappa shape index (κ1) is 11.7. The predicted octanol–water partition coefficient (Wildman–Crippen LogP) is 0.221. The Balaban J connectivity index is 2.42. The van der Waals surface area contributed by atoms with Crippen LogP contribution in [0.1, 0.15) is 12.5 Å². The second kappa shape index (κ2) is 4.23. The summed E-state index contributed by atoms with van der Waals surface area (Å²) in [5, 5.41) is 9.18. The lowest BCUT2D eigenvalue weighted by Gasteiger charge is -2.26. The molecule has 0 aromatic heterocycles. The number of carbonyl (C=O) groups is 1. The van der Waals surface area contributed by atoms with E-state index in [1.807, 2.05) is 0 Å². The van der Waals surface area contributed by atoms with E-state index in [1.165, 1.54) is 6.92 Å². The Morgan fingerprint density at radius 2 is 2.06 bits per heavy atom. The SMILES string of the molecule is CC(NN)(C(=O)O)c1ccc2c(c1)OCCO2. The number of nitrogens with two attached hydrogens (primary N) is 1. The van der Waals surface area contributed by atoms with Gasteiger partial charge in [0.1, 0.15) is 13.2 Å². The highest BCUT2D eigenvalue weighted by atomic mass is 16.6. The molecule has 0 bridgehead atoms. The molecule has 17 heavy (non-hydrogen) atoms. The van der Waals surface area contributed by atoms with Gasteiger partial charge >= 0.3 is 5.97 Å². The van der Waals surface area contributed by atoms with Gasteiger partial charge in [-0.15, -0.1) is 0 Å². The van der Waals surface area contributed by atoms with Crippen LogP contribution in [0.15, 0.2) is 18.2 Å². The van der Waals surface area contributed by atoms with Gasteiger partial charge in [0.2, 0.25) is 0 Å². The van der Waals surface area contributed by atoms with E-state index in [4.69, 9.17) is 15.3 Å². The quantitative estimate of drug-likeness (QED) is 0.515. The van der Waals surface area contributed by atoms with Gasteiger partial charge in [-0.3, -0.25) is 5.84 Å². The molecular formula is C11H14N2O4.